The molecule has 2 aliphatic rings. The maximum Gasteiger partial charge on any atom is 0.326 e. The summed E-state index contributed by atoms with van der Waals surface area (Å²) in [6, 6.07) is -1.10. The van der Waals surface area contributed by atoms with Crippen molar-refractivity contribution in [3.05, 3.63) is 0 Å². The van der Waals surface area contributed by atoms with E-state index >= 15 is 0 Å². The van der Waals surface area contributed by atoms with E-state index in [-0.39, 0.29) is 30.8 Å². The minimum Gasteiger partial charge on any atom is -0.480 e. The number of carbonyl (C=O) groups excluding carboxylic acids is 2. The average Bonchev–Trinajstić information content (AvgIpc) is 2.97. The molecule has 1 saturated heterocycles. The van der Waals surface area contributed by atoms with Gasteiger partial charge in [-0.3, -0.25) is 4.79 Å². The van der Waals surface area contributed by atoms with Gasteiger partial charge in [-0.1, -0.05) is 6.42 Å². The number of carbonyl (C=O) groups is 3. The van der Waals surface area contributed by atoms with Gasteiger partial charge >= 0.3 is 12.0 Å². The van der Waals surface area contributed by atoms with Crippen molar-refractivity contribution in [3.63, 3.8) is 0 Å². The number of nitrogens with zero attached hydrogens (tertiary/aromatic N) is 1. The minimum absolute atomic E-state index is 0.0807. The quantitative estimate of drug-likeness (QED) is 0.677. The molecule has 1 aliphatic heterocycles. The molecule has 2 fully saturated rings. The van der Waals surface area contributed by atoms with Gasteiger partial charge in [0.1, 0.15) is 6.04 Å². The summed E-state index contributed by atoms with van der Waals surface area (Å²) in [6.45, 7) is 0.726. The summed E-state index contributed by atoms with van der Waals surface area (Å²) in [5, 5.41) is 14.4. The second-order valence-electron chi connectivity index (χ2n) is 5.45. The second kappa shape index (κ2) is 6.11. The monoisotopic (exact) mass is 283 g/mol. The predicted octanol–water partition coefficient (Wildman–Crippen LogP) is 0.0172. The first-order chi connectivity index (χ1) is 9.54. The largest absolute Gasteiger partial charge is 0.480 e. The molecule has 3 unspecified atom stereocenters. The zero-order valence-corrected chi connectivity index (χ0v) is 11.6. The van der Waals surface area contributed by atoms with Gasteiger partial charge in [-0.05, 0) is 24.7 Å². The molecule has 0 aromatic rings. The maximum atomic E-state index is 12.1. The van der Waals surface area contributed by atoms with Crippen LogP contribution in [0.2, 0.25) is 0 Å². The Hall–Kier alpha value is -1.79. The van der Waals surface area contributed by atoms with Gasteiger partial charge in [0.25, 0.3) is 0 Å². The van der Waals surface area contributed by atoms with E-state index in [1.54, 1.807) is 0 Å². The molecule has 3 amide bonds. The molecule has 1 aliphatic carbocycles. The molecule has 3 N–H and O–H groups in total. The van der Waals surface area contributed by atoms with Crippen LogP contribution in [0.15, 0.2) is 0 Å². The van der Waals surface area contributed by atoms with Crippen molar-refractivity contribution < 1.29 is 19.5 Å². The normalized spacial score (nSPS) is 28.1. The van der Waals surface area contributed by atoms with E-state index in [1.807, 2.05) is 0 Å². The average molecular weight is 283 g/mol. The first-order valence-corrected chi connectivity index (χ1v) is 7.02. The van der Waals surface area contributed by atoms with Crippen LogP contribution in [-0.2, 0) is 9.59 Å². The van der Waals surface area contributed by atoms with Crippen LogP contribution >= 0.6 is 0 Å². The highest BCUT2D eigenvalue weighted by Gasteiger charge is 2.49. The number of likely N-dealkylation sites (tertiary alicyclic amines) is 1. The molecule has 1 saturated carbocycles. The molecule has 7 heteroatoms. The highest BCUT2D eigenvalue weighted by molar-refractivity contribution is 5.84. The van der Waals surface area contributed by atoms with Crippen LogP contribution in [-0.4, -0.2) is 54.1 Å². The highest BCUT2D eigenvalue weighted by atomic mass is 16.4. The van der Waals surface area contributed by atoms with E-state index in [0.29, 0.717) is 12.5 Å². The number of fused-ring (bicyclic) bond motifs is 1. The summed E-state index contributed by atoms with van der Waals surface area (Å²) >= 11 is 0. The van der Waals surface area contributed by atoms with Gasteiger partial charge in [-0.15, -0.1) is 0 Å². The van der Waals surface area contributed by atoms with E-state index in [9.17, 15) is 19.5 Å². The maximum absolute atomic E-state index is 12.1. The summed E-state index contributed by atoms with van der Waals surface area (Å²) < 4.78 is 0. The summed E-state index contributed by atoms with van der Waals surface area (Å²) in [5.41, 5.74) is 0. The number of carboxylic acid groups (broad SMARTS) is 1. The van der Waals surface area contributed by atoms with Crippen molar-refractivity contribution in [2.75, 3.05) is 20.1 Å². The lowest BCUT2D eigenvalue weighted by Crippen LogP contribution is -2.48. The molecule has 1 heterocycles. The molecule has 0 aromatic heterocycles. The van der Waals surface area contributed by atoms with Gasteiger partial charge in [0.15, 0.2) is 0 Å². The summed E-state index contributed by atoms with van der Waals surface area (Å²) in [7, 11) is 1.53. The SMILES string of the molecule is CNC(=O)CCNC(=O)N1CC2CCCC2C1C(=O)O. The number of hydrogen-bond donors (Lipinski definition) is 3. The Morgan fingerprint density at radius 2 is 2.05 bits per heavy atom. The van der Waals surface area contributed by atoms with Crippen LogP contribution in [0.25, 0.3) is 0 Å². The third kappa shape index (κ3) is 2.86. The topological polar surface area (TPSA) is 98.7 Å². The smallest absolute Gasteiger partial charge is 0.326 e. The van der Waals surface area contributed by atoms with E-state index in [2.05, 4.69) is 10.6 Å². The highest BCUT2D eigenvalue weighted by Crippen LogP contribution is 2.42. The van der Waals surface area contributed by atoms with Crippen LogP contribution in [0, 0.1) is 11.8 Å². The molecule has 0 spiro atoms. The Morgan fingerprint density at radius 1 is 1.30 bits per heavy atom. The lowest BCUT2D eigenvalue weighted by Gasteiger charge is -2.24. The Kier molecular flexibility index (Phi) is 4.46. The number of amides is 3. The second-order valence-corrected chi connectivity index (χ2v) is 5.45. The lowest BCUT2D eigenvalue weighted by atomic mass is 9.94. The third-order valence-corrected chi connectivity index (χ3v) is 4.31. The van der Waals surface area contributed by atoms with Gasteiger partial charge in [0.05, 0.1) is 0 Å². The zero-order valence-electron chi connectivity index (χ0n) is 11.6. The van der Waals surface area contributed by atoms with Crippen LogP contribution in [0.5, 0.6) is 0 Å². The molecule has 0 aromatic carbocycles. The van der Waals surface area contributed by atoms with Crippen molar-refractivity contribution in [1.82, 2.24) is 15.5 Å². The lowest BCUT2D eigenvalue weighted by molar-refractivity contribution is -0.142. The first-order valence-electron chi connectivity index (χ1n) is 7.02. The van der Waals surface area contributed by atoms with Crippen LogP contribution < -0.4 is 10.6 Å². The van der Waals surface area contributed by atoms with Crippen LogP contribution in [0.4, 0.5) is 4.79 Å². The van der Waals surface area contributed by atoms with Crippen molar-refractivity contribution in [2.24, 2.45) is 11.8 Å². The fraction of sp³-hybridized carbons (Fsp3) is 0.769. The summed E-state index contributed by atoms with van der Waals surface area (Å²) in [5.74, 6) is -0.697. The molecule has 3 atom stereocenters. The number of carboxylic acids is 1. The van der Waals surface area contributed by atoms with Crippen LogP contribution in [0.1, 0.15) is 25.7 Å². The fourth-order valence-corrected chi connectivity index (χ4v) is 3.34. The predicted molar refractivity (Wildman–Crippen MR) is 71.0 cm³/mol. The summed E-state index contributed by atoms with van der Waals surface area (Å²) in [4.78, 5) is 36.0. The number of urea groups is 1. The van der Waals surface area contributed by atoms with Crippen LogP contribution in [0.3, 0.4) is 0 Å². The van der Waals surface area contributed by atoms with Gasteiger partial charge in [-0.25, -0.2) is 9.59 Å². The van der Waals surface area contributed by atoms with Crippen molar-refractivity contribution in [2.45, 2.75) is 31.7 Å². The molecule has 0 radical (unpaired) electrons. The van der Waals surface area contributed by atoms with Crippen molar-refractivity contribution in [1.29, 1.82) is 0 Å². The molecule has 2 rings (SSSR count). The van der Waals surface area contributed by atoms with E-state index in [0.717, 1.165) is 19.3 Å². The van der Waals surface area contributed by atoms with E-state index < -0.39 is 12.0 Å². The standard InChI is InChI=1S/C13H21N3O4/c1-14-10(17)5-6-15-13(20)16-7-8-3-2-4-9(8)11(16)12(18)19/h8-9,11H,2-7H2,1H3,(H,14,17)(H,15,20)(H,18,19). The van der Waals surface area contributed by atoms with E-state index in [4.69, 9.17) is 0 Å². The number of nitrogens with one attached hydrogen (secondary N) is 2. The van der Waals surface area contributed by atoms with E-state index in [1.165, 1.54) is 11.9 Å². The Labute approximate surface area is 117 Å². The number of hydrogen-bond acceptors (Lipinski definition) is 3. The van der Waals surface area contributed by atoms with Gasteiger partial charge in [-0.2, -0.15) is 0 Å². The third-order valence-electron chi connectivity index (χ3n) is 4.31. The fourth-order valence-electron chi connectivity index (χ4n) is 3.34. The van der Waals surface area contributed by atoms with Crippen molar-refractivity contribution >= 4 is 17.9 Å². The molecule has 20 heavy (non-hydrogen) atoms. The number of rotatable bonds is 4. The molecule has 7 nitrogen and oxygen atoms in total. The van der Waals surface area contributed by atoms with Gasteiger partial charge < -0.3 is 20.6 Å². The minimum atomic E-state index is -0.930. The Morgan fingerprint density at radius 3 is 2.70 bits per heavy atom. The van der Waals surface area contributed by atoms with Gasteiger partial charge in [0, 0.05) is 26.6 Å². The first kappa shape index (κ1) is 14.6. The molecule has 112 valence electrons. The van der Waals surface area contributed by atoms with Gasteiger partial charge in [0.2, 0.25) is 5.91 Å². The number of aliphatic carboxylic acids is 1. The Bertz CT molecular complexity index is 412. The summed E-state index contributed by atoms with van der Waals surface area (Å²) in [6.07, 6.45) is 3.12. The molecular formula is C13H21N3O4. The molecule has 0 bridgehead atoms. The Balaban J connectivity index is 1.91. The molecular weight excluding hydrogens is 262 g/mol. The van der Waals surface area contributed by atoms with Crippen molar-refractivity contribution in [3.8, 4) is 0 Å². The zero-order chi connectivity index (χ0) is 14.7.